The molecule has 0 aliphatic heterocycles. The van der Waals surface area contributed by atoms with E-state index in [2.05, 4.69) is 34.4 Å². The van der Waals surface area contributed by atoms with Gasteiger partial charge >= 0.3 is 11.8 Å². The average molecular weight is 347 g/mol. The molecule has 1 heterocycles. The first-order valence-corrected chi connectivity index (χ1v) is 8.00. The quantitative estimate of drug-likeness (QED) is 0.644. The topological polar surface area (TPSA) is 74.3 Å². The average Bonchev–Trinajstić information content (AvgIpc) is 2.59. The summed E-state index contributed by atoms with van der Waals surface area (Å²) in [6.45, 7) is 5.95. The lowest BCUT2D eigenvalue weighted by atomic mass is 10.2. The van der Waals surface area contributed by atoms with E-state index in [0.29, 0.717) is 5.69 Å². The zero-order chi connectivity index (χ0) is 17.5. The Morgan fingerprint density at radius 3 is 2.25 bits per heavy atom. The van der Waals surface area contributed by atoms with E-state index in [1.165, 1.54) is 6.20 Å². The monoisotopic (exact) mass is 346 g/mol. The molecular weight excluding hydrogens is 328 g/mol. The number of amides is 2. The maximum Gasteiger partial charge on any atom is 0.314 e. The van der Waals surface area contributed by atoms with E-state index < -0.39 is 11.8 Å². The first-order valence-electron chi connectivity index (χ1n) is 7.63. The Morgan fingerprint density at radius 2 is 1.67 bits per heavy atom. The molecule has 0 unspecified atom stereocenters. The minimum atomic E-state index is -0.808. The minimum Gasteiger partial charge on any atom is -0.372 e. The van der Waals surface area contributed by atoms with Crippen LogP contribution in [0.4, 0.5) is 17.1 Å². The van der Waals surface area contributed by atoms with Gasteiger partial charge in [-0.3, -0.25) is 9.59 Å². The normalized spacial score (nSPS) is 10.1. The maximum atomic E-state index is 12.0. The van der Waals surface area contributed by atoms with Gasteiger partial charge in [0.1, 0.15) is 0 Å². The summed E-state index contributed by atoms with van der Waals surface area (Å²) in [7, 11) is 0. The Bertz CT molecular complexity index is 715. The number of benzene rings is 1. The summed E-state index contributed by atoms with van der Waals surface area (Å²) in [6, 6.07) is 10.5. The van der Waals surface area contributed by atoms with Crippen LogP contribution in [0.1, 0.15) is 13.8 Å². The molecule has 0 fully saturated rings. The van der Waals surface area contributed by atoms with Crippen LogP contribution in [-0.2, 0) is 9.59 Å². The van der Waals surface area contributed by atoms with Crippen LogP contribution in [0.15, 0.2) is 42.6 Å². The Balaban J connectivity index is 1.99. The van der Waals surface area contributed by atoms with Crippen molar-refractivity contribution in [3.05, 3.63) is 47.7 Å². The van der Waals surface area contributed by atoms with Crippen molar-refractivity contribution < 1.29 is 9.59 Å². The van der Waals surface area contributed by atoms with Crippen LogP contribution in [0.5, 0.6) is 0 Å². The number of nitrogens with one attached hydrogen (secondary N) is 2. The number of aromatic nitrogens is 1. The second-order valence-corrected chi connectivity index (χ2v) is 5.33. The molecule has 0 saturated carbocycles. The SMILES string of the molecule is CCN(CC)c1ccc(NC(=O)C(=O)Nc2cccnc2Cl)cc1. The van der Waals surface area contributed by atoms with Gasteiger partial charge in [-0.25, -0.2) is 4.98 Å². The zero-order valence-corrected chi connectivity index (χ0v) is 14.3. The highest BCUT2D eigenvalue weighted by Gasteiger charge is 2.15. The highest BCUT2D eigenvalue weighted by atomic mass is 35.5. The first-order chi connectivity index (χ1) is 11.5. The molecule has 1 aromatic heterocycles. The molecule has 2 N–H and O–H groups in total. The fourth-order valence-electron chi connectivity index (χ4n) is 2.19. The summed E-state index contributed by atoms with van der Waals surface area (Å²) >= 11 is 5.85. The molecule has 2 aromatic rings. The van der Waals surface area contributed by atoms with E-state index in [9.17, 15) is 9.59 Å². The van der Waals surface area contributed by atoms with Crippen LogP contribution in [0.2, 0.25) is 5.15 Å². The lowest BCUT2D eigenvalue weighted by molar-refractivity contribution is -0.132. The molecule has 2 amide bonds. The number of pyridine rings is 1. The van der Waals surface area contributed by atoms with Gasteiger partial charge in [-0.2, -0.15) is 0 Å². The van der Waals surface area contributed by atoms with Crippen LogP contribution in [0.3, 0.4) is 0 Å². The van der Waals surface area contributed by atoms with E-state index in [4.69, 9.17) is 11.6 Å². The third-order valence-electron chi connectivity index (χ3n) is 3.47. The molecule has 0 aliphatic rings. The molecule has 0 bridgehead atoms. The number of rotatable bonds is 5. The van der Waals surface area contributed by atoms with Gasteiger partial charge in [-0.15, -0.1) is 0 Å². The Morgan fingerprint density at radius 1 is 1.04 bits per heavy atom. The van der Waals surface area contributed by atoms with E-state index in [1.807, 2.05) is 12.1 Å². The maximum absolute atomic E-state index is 12.0. The largest absolute Gasteiger partial charge is 0.372 e. The molecule has 2 rings (SSSR count). The summed E-state index contributed by atoms with van der Waals surface area (Å²) in [5.41, 5.74) is 1.89. The summed E-state index contributed by atoms with van der Waals surface area (Å²) < 4.78 is 0. The van der Waals surface area contributed by atoms with Gasteiger partial charge in [0, 0.05) is 30.7 Å². The van der Waals surface area contributed by atoms with E-state index in [0.717, 1.165) is 18.8 Å². The van der Waals surface area contributed by atoms with Gasteiger partial charge in [0.25, 0.3) is 0 Å². The third-order valence-corrected chi connectivity index (χ3v) is 3.77. The van der Waals surface area contributed by atoms with Crippen LogP contribution in [0.25, 0.3) is 0 Å². The lowest BCUT2D eigenvalue weighted by Gasteiger charge is -2.21. The molecule has 7 heteroatoms. The molecule has 24 heavy (non-hydrogen) atoms. The van der Waals surface area contributed by atoms with E-state index in [1.54, 1.807) is 24.3 Å². The van der Waals surface area contributed by atoms with Gasteiger partial charge < -0.3 is 15.5 Å². The van der Waals surface area contributed by atoms with Gasteiger partial charge in [-0.05, 0) is 50.2 Å². The van der Waals surface area contributed by atoms with E-state index in [-0.39, 0.29) is 10.8 Å². The van der Waals surface area contributed by atoms with Gasteiger partial charge in [0.15, 0.2) is 5.15 Å². The predicted molar refractivity (Wildman–Crippen MR) is 96.5 cm³/mol. The third kappa shape index (κ3) is 4.45. The number of hydrogen-bond donors (Lipinski definition) is 2. The van der Waals surface area contributed by atoms with Crippen LogP contribution >= 0.6 is 11.6 Å². The minimum absolute atomic E-state index is 0.127. The predicted octanol–water partition coefficient (Wildman–Crippen LogP) is 3.16. The fraction of sp³-hybridized carbons (Fsp3) is 0.235. The molecule has 0 radical (unpaired) electrons. The fourth-order valence-corrected chi connectivity index (χ4v) is 2.36. The van der Waals surface area contributed by atoms with Gasteiger partial charge in [-0.1, -0.05) is 11.6 Å². The standard InChI is InChI=1S/C17H19ClN4O2/c1-3-22(4-2)13-9-7-12(8-10-13)20-16(23)17(24)21-14-6-5-11-19-15(14)18/h5-11H,3-4H2,1-2H3,(H,20,23)(H,21,24). The van der Waals surface area contributed by atoms with Crippen molar-refractivity contribution >= 4 is 40.5 Å². The van der Waals surface area contributed by atoms with Crippen molar-refractivity contribution in [2.24, 2.45) is 0 Å². The van der Waals surface area contributed by atoms with Crippen LogP contribution < -0.4 is 15.5 Å². The number of halogens is 1. The van der Waals surface area contributed by atoms with Crippen molar-refractivity contribution in [1.82, 2.24) is 4.98 Å². The van der Waals surface area contributed by atoms with Crippen molar-refractivity contribution in [3.63, 3.8) is 0 Å². The number of carbonyl (C=O) groups excluding carboxylic acids is 2. The molecule has 1 aromatic carbocycles. The lowest BCUT2D eigenvalue weighted by Crippen LogP contribution is -2.29. The Labute approximate surface area is 145 Å². The second-order valence-electron chi connectivity index (χ2n) is 4.97. The Hall–Kier alpha value is -2.60. The summed E-state index contributed by atoms with van der Waals surface area (Å²) in [5.74, 6) is -1.58. The van der Waals surface area contributed by atoms with Crippen molar-refractivity contribution in [2.75, 3.05) is 28.6 Å². The highest BCUT2D eigenvalue weighted by Crippen LogP contribution is 2.19. The van der Waals surface area contributed by atoms with Crippen LogP contribution in [-0.4, -0.2) is 29.9 Å². The molecule has 126 valence electrons. The Kier molecular flexibility index (Phi) is 6.14. The number of nitrogens with zero attached hydrogens (tertiary/aromatic N) is 2. The van der Waals surface area contributed by atoms with E-state index >= 15 is 0 Å². The molecule has 6 nitrogen and oxygen atoms in total. The van der Waals surface area contributed by atoms with Crippen LogP contribution in [0, 0.1) is 0 Å². The number of carbonyl (C=O) groups is 2. The summed E-state index contributed by atoms with van der Waals surface area (Å²) in [6.07, 6.45) is 1.50. The second kappa shape index (κ2) is 8.31. The number of anilines is 3. The molecule has 0 saturated heterocycles. The summed E-state index contributed by atoms with van der Waals surface area (Å²) in [5, 5.41) is 5.10. The smallest absolute Gasteiger partial charge is 0.314 e. The molecule has 0 atom stereocenters. The highest BCUT2D eigenvalue weighted by molar-refractivity contribution is 6.44. The van der Waals surface area contributed by atoms with Gasteiger partial charge in [0.05, 0.1) is 5.69 Å². The van der Waals surface area contributed by atoms with Gasteiger partial charge in [0.2, 0.25) is 0 Å². The first kappa shape index (κ1) is 17.7. The molecular formula is C17H19ClN4O2. The summed E-state index contributed by atoms with van der Waals surface area (Å²) in [4.78, 5) is 29.9. The van der Waals surface area contributed by atoms with Crippen molar-refractivity contribution in [2.45, 2.75) is 13.8 Å². The van der Waals surface area contributed by atoms with Crippen molar-refractivity contribution in [3.8, 4) is 0 Å². The van der Waals surface area contributed by atoms with Crippen molar-refractivity contribution in [1.29, 1.82) is 0 Å². The molecule has 0 aliphatic carbocycles. The number of hydrogen-bond acceptors (Lipinski definition) is 4. The molecule has 0 spiro atoms. The zero-order valence-electron chi connectivity index (χ0n) is 13.5.